The third kappa shape index (κ3) is 1.45. The van der Waals surface area contributed by atoms with Crippen LogP contribution in [-0.4, -0.2) is 16.8 Å². The summed E-state index contributed by atoms with van der Waals surface area (Å²) >= 11 is 0. The van der Waals surface area contributed by atoms with E-state index >= 15 is 0 Å². The molecule has 2 nitrogen and oxygen atoms in total. The van der Waals surface area contributed by atoms with Gasteiger partial charge >= 0.3 is 0 Å². The first-order valence-corrected chi connectivity index (χ1v) is 2.68. The molecule has 1 rings (SSSR count). The largest absolute Gasteiger partial charge is 0.314 e. The van der Waals surface area contributed by atoms with E-state index in [0.717, 1.165) is 19.4 Å². The molecule has 1 heterocycles. The van der Waals surface area contributed by atoms with Gasteiger partial charge in [0.15, 0.2) is 0 Å². The molecule has 1 aliphatic heterocycles. The van der Waals surface area contributed by atoms with E-state index in [1.165, 1.54) is 11.5 Å². The second-order valence-electron chi connectivity index (χ2n) is 1.84. The van der Waals surface area contributed by atoms with Crippen LogP contribution in [-0.2, 0) is 0 Å². The van der Waals surface area contributed by atoms with E-state index in [4.69, 9.17) is 5.21 Å². The maximum atomic E-state index is 8.69. The van der Waals surface area contributed by atoms with E-state index in [1.807, 2.05) is 6.54 Å². The van der Waals surface area contributed by atoms with Crippen molar-refractivity contribution in [3.63, 3.8) is 0 Å². The highest BCUT2D eigenvalue weighted by Crippen LogP contribution is 2.08. The first kappa shape index (κ1) is 5.06. The number of hydrogen-bond donors (Lipinski definition) is 1. The maximum Gasteiger partial charge on any atom is 0.0528 e. The molecule has 1 N–H and O–H groups in total. The summed E-state index contributed by atoms with van der Waals surface area (Å²) in [5, 5.41) is 9.95. The summed E-state index contributed by atoms with van der Waals surface area (Å²) < 4.78 is 0. The van der Waals surface area contributed by atoms with Gasteiger partial charge in [-0.3, -0.25) is 0 Å². The lowest BCUT2D eigenvalue weighted by atomic mass is 10.2. The minimum Gasteiger partial charge on any atom is -0.314 e. The van der Waals surface area contributed by atoms with Crippen molar-refractivity contribution < 1.29 is 5.21 Å². The summed E-state index contributed by atoms with van der Waals surface area (Å²) in [4.78, 5) is 0. The van der Waals surface area contributed by atoms with Crippen LogP contribution >= 0.6 is 0 Å². The highest BCUT2D eigenvalue weighted by atomic mass is 16.5. The van der Waals surface area contributed by atoms with E-state index in [1.54, 1.807) is 0 Å². The summed E-state index contributed by atoms with van der Waals surface area (Å²) in [7, 11) is 0. The minimum absolute atomic E-state index is 0.819. The molecule has 7 heavy (non-hydrogen) atoms. The van der Waals surface area contributed by atoms with Crippen molar-refractivity contribution in [3.05, 3.63) is 6.54 Å². The molecular weight excluding hydrogens is 90.1 g/mol. The van der Waals surface area contributed by atoms with Gasteiger partial charge in [-0.1, -0.05) is 6.42 Å². The van der Waals surface area contributed by atoms with E-state index in [9.17, 15) is 0 Å². The molecule has 0 bridgehead atoms. The molecule has 2 heteroatoms. The molecule has 0 atom stereocenters. The van der Waals surface area contributed by atoms with Gasteiger partial charge in [0.25, 0.3) is 0 Å². The van der Waals surface area contributed by atoms with Crippen LogP contribution in [0.5, 0.6) is 0 Å². The van der Waals surface area contributed by atoms with Gasteiger partial charge in [-0.15, -0.1) is 0 Å². The predicted molar refractivity (Wildman–Crippen MR) is 26.6 cm³/mol. The monoisotopic (exact) mass is 100 g/mol. The number of piperidine rings is 1. The molecule has 0 aromatic heterocycles. The average Bonchev–Trinajstić information content (AvgIpc) is 1.69. The summed E-state index contributed by atoms with van der Waals surface area (Å²) in [5.41, 5.74) is 0. The average molecular weight is 100 g/mol. The highest BCUT2D eigenvalue weighted by Gasteiger charge is 2.04. The van der Waals surface area contributed by atoms with Crippen LogP contribution in [0, 0.1) is 6.54 Å². The van der Waals surface area contributed by atoms with Crippen molar-refractivity contribution in [1.29, 1.82) is 0 Å². The van der Waals surface area contributed by atoms with Crippen molar-refractivity contribution in [2.45, 2.75) is 19.3 Å². The lowest BCUT2D eigenvalue weighted by molar-refractivity contribution is -0.0742. The number of hydroxylamine groups is 2. The van der Waals surface area contributed by atoms with Crippen LogP contribution in [0.15, 0.2) is 0 Å². The lowest BCUT2D eigenvalue weighted by Gasteiger charge is -2.17. The standard InChI is InChI=1S/C5H10NO/c7-6-4-2-1-3-5-6/h4,7H,1-3,5H2. The molecule has 1 fully saturated rings. The Morgan fingerprint density at radius 1 is 1.43 bits per heavy atom. The molecule has 0 aliphatic carbocycles. The molecule has 0 aromatic carbocycles. The highest BCUT2D eigenvalue weighted by molar-refractivity contribution is 4.66. The van der Waals surface area contributed by atoms with Crippen LogP contribution in [0.1, 0.15) is 19.3 Å². The second kappa shape index (κ2) is 2.28. The van der Waals surface area contributed by atoms with E-state index in [2.05, 4.69) is 0 Å². The van der Waals surface area contributed by atoms with Gasteiger partial charge in [-0.2, -0.15) is 5.06 Å². The molecule has 1 aliphatic rings. The SMILES string of the molecule is ON1[CH]CCCC1. The van der Waals surface area contributed by atoms with Crippen LogP contribution in [0.25, 0.3) is 0 Å². The molecule has 0 aromatic rings. The number of rotatable bonds is 0. The van der Waals surface area contributed by atoms with E-state index in [0.29, 0.717) is 0 Å². The minimum atomic E-state index is 0.819. The summed E-state index contributed by atoms with van der Waals surface area (Å²) in [6.07, 6.45) is 3.40. The molecule has 0 saturated carbocycles. The molecule has 1 saturated heterocycles. The quantitative estimate of drug-likeness (QED) is 0.491. The zero-order valence-corrected chi connectivity index (χ0v) is 4.30. The van der Waals surface area contributed by atoms with Crippen molar-refractivity contribution in [3.8, 4) is 0 Å². The van der Waals surface area contributed by atoms with Crippen molar-refractivity contribution in [2.24, 2.45) is 0 Å². The second-order valence-corrected chi connectivity index (χ2v) is 1.84. The first-order chi connectivity index (χ1) is 3.39. The number of nitrogens with zero attached hydrogens (tertiary/aromatic N) is 1. The summed E-state index contributed by atoms with van der Waals surface area (Å²) in [6, 6.07) is 0. The van der Waals surface area contributed by atoms with E-state index < -0.39 is 0 Å². The Labute approximate surface area is 43.7 Å². The third-order valence-corrected chi connectivity index (χ3v) is 1.18. The zero-order chi connectivity index (χ0) is 5.11. The molecular formula is C5H10NO. The number of hydrogen-bond acceptors (Lipinski definition) is 2. The fourth-order valence-electron chi connectivity index (χ4n) is 0.750. The smallest absolute Gasteiger partial charge is 0.0528 e. The van der Waals surface area contributed by atoms with Crippen LogP contribution < -0.4 is 0 Å². The van der Waals surface area contributed by atoms with E-state index in [-0.39, 0.29) is 0 Å². The van der Waals surface area contributed by atoms with Gasteiger partial charge in [0.05, 0.1) is 6.54 Å². The van der Waals surface area contributed by atoms with Crippen molar-refractivity contribution in [2.75, 3.05) is 6.54 Å². The Balaban J connectivity index is 2.12. The Morgan fingerprint density at radius 2 is 2.29 bits per heavy atom. The van der Waals surface area contributed by atoms with Gasteiger partial charge < -0.3 is 5.21 Å². The van der Waals surface area contributed by atoms with Gasteiger partial charge in [-0.25, -0.2) is 0 Å². The van der Waals surface area contributed by atoms with Gasteiger partial charge in [-0.05, 0) is 12.8 Å². The Bertz CT molecular complexity index is 50.0. The Morgan fingerprint density at radius 3 is 2.57 bits per heavy atom. The van der Waals surface area contributed by atoms with Crippen LogP contribution in [0.4, 0.5) is 0 Å². The van der Waals surface area contributed by atoms with Gasteiger partial charge in [0.2, 0.25) is 0 Å². The van der Waals surface area contributed by atoms with Crippen molar-refractivity contribution in [1.82, 2.24) is 5.06 Å². The van der Waals surface area contributed by atoms with Gasteiger partial charge in [0, 0.05) is 6.54 Å². The van der Waals surface area contributed by atoms with Crippen LogP contribution in [0.3, 0.4) is 0 Å². The van der Waals surface area contributed by atoms with Crippen LogP contribution in [0.2, 0.25) is 0 Å². The lowest BCUT2D eigenvalue weighted by Crippen LogP contribution is -2.20. The fourth-order valence-corrected chi connectivity index (χ4v) is 0.750. The topological polar surface area (TPSA) is 23.5 Å². The Kier molecular flexibility index (Phi) is 1.65. The third-order valence-electron chi connectivity index (χ3n) is 1.18. The maximum absolute atomic E-state index is 8.69. The summed E-state index contributed by atoms with van der Waals surface area (Å²) in [6.45, 7) is 2.64. The Hall–Kier alpha value is -0.0800. The van der Waals surface area contributed by atoms with Crippen molar-refractivity contribution >= 4 is 0 Å². The summed E-state index contributed by atoms with van der Waals surface area (Å²) in [5.74, 6) is 0. The first-order valence-electron chi connectivity index (χ1n) is 2.68. The fraction of sp³-hybridized carbons (Fsp3) is 0.800. The molecule has 1 radical (unpaired) electrons. The normalized spacial score (nSPS) is 25.3. The predicted octanol–water partition coefficient (Wildman–Crippen LogP) is 1.02. The molecule has 41 valence electrons. The zero-order valence-electron chi connectivity index (χ0n) is 4.30. The molecule has 0 amide bonds. The molecule has 0 unspecified atom stereocenters. The van der Waals surface area contributed by atoms with Gasteiger partial charge in [0.1, 0.15) is 0 Å². The molecule has 0 spiro atoms.